The minimum atomic E-state index is -0.393. The van der Waals surface area contributed by atoms with Gasteiger partial charge in [-0.3, -0.25) is 14.5 Å². The number of imidazole rings is 1. The highest BCUT2D eigenvalue weighted by atomic mass is 16.6. The monoisotopic (exact) mass is 310 g/mol. The van der Waals surface area contributed by atoms with E-state index in [9.17, 15) is 10.1 Å². The molecule has 1 atom stereocenters. The van der Waals surface area contributed by atoms with Gasteiger partial charge < -0.3 is 5.73 Å². The lowest BCUT2D eigenvalue weighted by atomic mass is 10.0. The number of fused-ring (bicyclic) bond motifs is 1. The number of nitro groups is 1. The molecular weight excluding hydrogens is 292 g/mol. The predicted molar refractivity (Wildman–Crippen MR) is 89.3 cm³/mol. The van der Waals surface area contributed by atoms with E-state index in [1.807, 2.05) is 38.1 Å². The Hall–Kier alpha value is -2.73. The van der Waals surface area contributed by atoms with E-state index in [0.29, 0.717) is 5.65 Å². The van der Waals surface area contributed by atoms with Crippen LogP contribution in [0, 0.1) is 10.1 Å². The lowest BCUT2D eigenvalue weighted by Crippen LogP contribution is -2.04. The topological polar surface area (TPSA) is 86.5 Å². The number of hydrogen-bond acceptors (Lipinski definition) is 4. The summed E-state index contributed by atoms with van der Waals surface area (Å²) in [6.07, 6.45) is 2.26. The first-order chi connectivity index (χ1) is 11.0. The van der Waals surface area contributed by atoms with Crippen molar-refractivity contribution in [2.24, 2.45) is 5.73 Å². The minimum absolute atomic E-state index is 0.0154. The number of aryl methyl sites for hydroxylation is 1. The molecule has 118 valence electrons. The molecule has 6 nitrogen and oxygen atoms in total. The van der Waals surface area contributed by atoms with Crippen molar-refractivity contribution in [1.29, 1.82) is 0 Å². The van der Waals surface area contributed by atoms with E-state index in [4.69, 9.17) is 5.73 Å². The van der Waals surface area contributed by atoms with E-state index in [2.05, 4.69) is 4.98 Å². The molecular formula is C17H18N4O2. The summed E-state index contributed by atoms with van der Waals surface area (Å²) in [6.45, 7) is 3.96. The van der Waals surface area contributed by atoms with Gasteiger partial charge in [0.2, 0.25) is 0 Å². The lowest BCUT2D eigenvalue weighted by Gasteiger charge is -2.07. The highest BCUT2D eigenvalue weighted by molar-refractivity contribution is 5.67. The first kappa shape index (κ1) is 15.2. The molecule has 1 unspecified atom stereocenters. The van der Waals surface area contributed by atoms with E-state index in [-0.39, 0.29) is 11.7 Å². The Morgan fingerprint density at radius 3 is 2.52 bits per heavy atom. The van der Waals surface area contributed by atoms with E-state index in [0.717, 1.165) is 28.9 Å². The molecule has 3 aromatic rings. The van der Waals surface area contributed by atoms with Crippen molar-refractivity contribution in [1.82, 2.24) is 9.38 Å². The molecule has 6 heteroatoms. The van der Waals surface area contributed by atoms with E-state index in [1.54, 1.807) is 10.5 Å². The van der Waals surface area contributed by atoms with Crippen LogP contribution in [0.4, 0.5) is 5.69 Å². The normalized spacial score (nSPS) is 12.5. The van der Waals surface area contributed by atoms with E-state index >= 15 is 0 Å². The maximum Gasteiger partial charge on any atom is 0.286 e. The molecule has 0 amide bonds. The van der Waals surface area contributed by atoms with Gasteiger partial charge in [0.15, 0.2) is 0 Å². The second-order valence-corrected chi connectivity index (χ2v) is 5.54. The Labute approximate surface area is 133 Å². The number of nitrogens with two attached hydrogens (primary N) is 1. The van der Waals surface area contributed by atoms with E-state index < -0.39 is 4.92 Å². The third kappa shape index (κ3) is 2.68. The van der Waals surface area contributed by atoms with Crippen LogP contribution in [0.3, 0.4) is 0 Å². The van der Waals surface area contributed by atoms with Crippen LogP contribution < -0.4 is 5.73 Å². The van der Waals surface area contributed by atoms with Gasteiger partial charge in [-0.2, -0.15) is 0 Å². The van der Waals surface area contributed by atoms with Crippen molar-refractivity contribution in [2.45, 2.75) is 26.3 Å². The van der Waals surface area contributed by atoms with Gasteiger partial charge in [-0.05, 0) is 25.0 Å². The Morgan fingerprint density at radius 2 is 1.96 bits per heavy atom. The molecule has 0 saturated heterocycles. The standard InChI is InChI=1S/C17H18N4O2/c1-3-15-17(13-6-4-12(5-7-13)11(2)18)19-16-9-8-14(21(22)23)10-20(15)16/h4-11H,3,18H2,1-2H3. The second-order valence-electron chi connectivity index (χ2n) is 5.54. The quantitative estimate of drug-likeness (QED) is 0.590. The van der Waals surface area contributed by atoms with Crippen molar-refractivity contribution >= 4 is 11.3 Å². The molecule has 2 aromatic heterocycles. The summed E-state index contributed by atoms with van der Waals surface area (Å²) in [5, 5.41) is 11.0. The summed E-state index contributed by atoms with van der Waals surface area (Å²) >= 11 is 0. The molecule has 0 aliphatic rings. The zero-order valence-corrected chi connectivity index (χ0v) is 13.1. The van der Waals surface area contributed by atoms with Gasteiger partial charge in [0.25, 0.3) is 5.69 Å². The Morgan fingerprint density at radius 1 is 1.26 bits per heavy atom. The lowest BCUT2D eigenvalue weighted by molar-refractivity contribution is -0.385. The smallest absolute Gasteiger partial charge is 0.286 e. The zero-order valence-electron chi connectivity index (χ0n) is 13.1. The van der Waals surface area contributed by atoms with Crippen LogP contribution in [0.25, 0.3) is 16.9 Å². The van der Waals surface area contributed by atoms with Crippen LogP contribution in [0.15, 0.2) is 42.6 Å². The summed E-state index contributed by atoms with van der Waals surface area (Å²) in [4.78, 5) is 15.2. The fraction of sp³-hybridized carbons (Fsp3) is 0.235. The number of pyridine rings is 1. The maximum absolute atomic E-state index is 11.0. The fourth-order valence-electron chi connectivity index (χ4n) is 2.70. The summed E-state index contributed by atoms with van der Waals surface area (Å²) < 4.78 is 1.80. The SMILES string of the molecule is CCc1c(-c2ccc(C(C)N)cc2)nc2ccc([N+](=O)[O-])cn12. The van der Waals surface area contributed by atoms with Gasteiger partial charge in [-0.15, -0.1) is 0 Å². The average molecular weight is 310 g/mol. The Kier molecular flexibility index (Phi) is 3.83. The largest absolute Gasteiger partial charge is 0.324 e. The zero-order chi connectivity index (χ0) is 16.6. The molecule has 0 saturated carbocycles. The molecule has 3 rings (SSSR count). The fourth-order valence-corrected chi connectivity index (χ4v) is 2.70. The third-order valence-corrected chi connectivity index (χ3v) is 3.96. The summed E-state index contributed by atoms with van der Waals surface area (Å²) in [7, 11) is 0. The van der Waals surface area contributed by atoms with Gasteiger partial charge in [0.05, 0.1) is 22.5 Å². The van der Waals surface area contributed by atoms with E-state index in [1.165, 1.54) is 12.3 Å². The molecule has 2 N–H and O–H groups in total. The van der Waals surface area contributed by atoms with Crippen LogP contribution in [-0.4, -0.2) is 14.3 Å². The molecule has 0 bridgehead atoms. The Bertz CT molecular complexity index is 866. The first-order valence-corrected chi connectivity index (χ1v) is 7.52. The highest BCUT2D eigenvalue weighted by Gasteiger charge is 2.15. The molecule has 1 aromatic carbocycles. The van der Waals surface area contributed by atoms with Crippen molar-refractivity contribution < 1.29 is 4.92 Å². The second kappa shape index (κ2) is 5.81. The van der Waals surface area contributed by atoms with Gasteiger partial charge in [0, 0.05) is 17.7 Å². The van der Waals surface area contributed by atoms with Crippen molar-refractivity contribution in [3.8, 4) is 11.3 Å². The molecule has 2 heterocycles. The molecule has 0 radical (unpaired) electrons. The highest BCUT2D eigenvalue weighted by Crippen LogP contribution is 2.27. The molecule has 0 aliphatic heterocycles. The molecule has 0 spiro atoms. The number of benzene rings is 1. The minimum Gasteiger partial charge on any atom is -0.324 e. The van der Waals surface area contributed by atoms with Crippen molar-refractivity contribution in [3.63, 3.8) is 0 Å². The average Bonchev–Trinajstić information content (AvgIpc) is 2.92. The Balaban J connectivity index is 2.15. The van der Waals surface area contributed by atoms with Gasteiger partial charge in [0.1, 0.15) is 5.65 Å². The van der Waals surface area contributed by atoms with Crippen molar-refractivity contribution in [3.05, 3.63) is 64.0 Å². The number of nitrogens with zero attached hydrogens (tertiary/aromatic N) is 3. The van der Waals surface area contributed by atoms with Crippen LogP contribution >= 0.6 is 0 Å². The van der Waals surface area contributed by atoms with Crippen LogP contribution in [0.2, 0.25) is 0 Å². The van der Waals surface area contributed by atoms with Crippen molar-refractivity contribution in [2.75, 3.05) is 0 Å². The van der Waals surface area contributed by atoms with Crippen LogP contribution in [-0.2, 0) is 6.42 Å². The van der Waals surface area contributed by atoms with Crippen LogP contribution in [0.5, 0.6) is 0 Å². The first-order valence-electron chi connectivity index (χ1n) is 7.52. The van der Waals surface area contributed by atoms with Gasteiger partial charge >= 0.3 is 0 Å². The van der Waals surface area contributed by atoms with Gasteiger partial charge in [-0.1, -0.05) is 31.2 Å². The van der Waals surface area contributed by atoms with Gasteiger partial charge in [-0.25, -0.2) is 4.98 Å². The molecule has 0 fully saturated rings. The molecule has 23 heavy (non-hydrogen) atoms. The summed E-state index contributed by atoms with van der Waals surface area (Å²) in [5.74, 6) is 0. The summed E-state index contributed by atoms with van der Waals surface area (Å²) in [6, 6.07) is 11.1. The molecule has 0 aliphatic carbocycles. The predicted octanol–water partition coefficient (Wildman–Crippen LogP) is 3.49. The third-order valence-electron chi connectivity index (χ3n) is 3.96. The number of rotatable bonds is 4. The summed E-state index contributed by atoms with van der Waals surface area (Å²) in [5.41, 5.74) is 10.5. The number of hydrogen-bond donors (Lipinski definition) is 1. The van der Waals surface area contributed by atoms with Crippen LogP contribution in [0.1, 0.15) is 31.1 Å². The number of aromatic nitrogens is 2. The maximum atomic E-state index is 11.0.